The van der Waals surface area contributed by atoms with Crippen LogP contribution in [-0.2, 0) is 7.05 Å². The molecule has 1 unspecified atom stereocenters. The van der Waals surface area contributed by atoms with Crippen LogP contribution in [0.1, 0.15) is 26.0 Å². The lowest BCUT2D eigenvalue weighted by atomic mass is 10.0. The molecule has 0 fully saturated rings. The average Bonchev–Trinajstić information content (AvgIpc) is 2.48. The van der Waals surface area contributed by atoms with Crippen molar-refractivity contribution in [2.75, 3.05) is 0 Å². The van der Waals surface area contributed by atoms with Crippen LogP contribution in [0.3, 0.4) is 0 Å². The molecule has 0 aliphatic carbocycles. The summed E-state index contributed by atoms with van der Waals surface area (Å²) in [6.45, 7) is 3.92. The van der Waals surface area contributed by atoms with Crippen LogP contribution >= 0.6 is 0 Å². The second-order valence-electron chi connectivity index (χ2n) is 3.26. The van der Waals surface area contributed by atoms with Gasteiger partial charge in [0.15, 0.2) is 0 Å². The predicted octanol–water partition coefficient (Wildman–Crippen LogP) is 0.294. The second-order valence-corrected chi connectivity index (χ2v) is 3.26. The Labute approximate surface area is 78.1 Å². The normalized spacial score (nSPS) is 14.5. The van der Waals surface area contributed by atoms with Crippen molar-refractivity contribution in [2.45, 2.75) is 25.8 Å². The molecular weight excluding hydrogens is 164 g/mol. The van der Waals surface area contributed by atoms with Crippen molar-refractivity contribution < 1.29 is 0 Å². The van der Waals surface area contributed by atoms with Gasteiger partial charge in [0.05, 0.1) is 11.7 Å². The van der Waals surface area contributed by atoms with Gasteiger partial charge in [-0.15, -0.1) is 5.10 Å². The fourth-order valence-corrected chi connectivity index (χ4v) is 0.698. The summed E-state index contributed by atoms with van der Waals surface area (Å²) >= 11 is 0. The van der Waals surface area contributed by atoms with E-state index in [0.717, 1.165) is 12.1 Å². The Morgan fingerprint density at radius 2 is 2.38 bits per heavy atom. The first-order valence-electron chi connectivity index (χ1n) is 4.22. The molecule has 70 valence electrons. The van der Waals surface area contributed by atoms with Gasteiger partial charge >= 0.3 is 0 Å². The molecule has 0 aliphatic heterocycles. The Bertz CT molecular complexity index is 340. The molecule has 0 saturated carbocycles. The lowest BCUT2D eigenvalue weighted by molar-refractivity contribution is 0.585. The maximum atomic E-state index is 5.86. The summed E-state index contributed by atoms with van der Waals surface area (Å²) in [6.07, 6.45) is 2.45. The molecule has 1 heterocycles. The van der Waals surface area contributed by atoms with Gasteiger partial charge in [0.1, 0.15) is 5.69 Å². The summed E-state index contributed by atoms with van der Waals surface area (Å²) in [6, 6.07) is 0. The number of hydrogen-bond donors (Lipinski definition) is 1. The Morgan fingerprint density at radius 3 is 2.85 bits per heavy atom. The molecule has 0 saturated heterocycles. The van der Waals surface area contributed by atoms with E-state index in [2.05, 4.69) is 22.2 Å². The van der Waals surface area contributed by atoms with Crippen LogP contribution < -0.4 is 5.73 Å². The van der Waals surface area contributed by atoms with Gasteiger partial charge in [-0.25, -0.2) is 4.68 Å². The summed E-state index contributed by atoms with van der Waals surface area (Å²) < 4.78 is 1.62. The smallest absolute Gasteiger partial charge is 0.131 e. The Morgan fingerprint density at radius 1 is 1.69 bits per heavy atom. The number of rotatable bonds is 1. The van der Waals surface area contributed by atoms with E-state index in [1.54, 1.807) is 17.9 Å². The van der Waals surface area contributed by atoms with E-state index in [1.165, 1.54) is 0 Å². The third-order valence-electron chi connectivity index (χ3n) is 1.93. The van der Waals surface area contributed by atoms with Crippen molar-refractivity contribution in [3.63, 3.8) is 0 Å². The molecule has 2 N–H and O–H groups in total. The molecule has 0 amide bonds. The van der Waals surface area contributed by atoms with Crippen LogP contribution in [0.5, 0.6) is 0 Å². The molecule has 4 nitrogen and oxygen atoms in total. The topological polar surface area (TPSA) is 56.7 Å². The number of nitrogens with two attached hydrogens (primary N) is 1. The molecule has 1 aromatic rings. The zero-order chi connectivity index (χ0) is 9.90. The Kier molecular flexibility index (Phi) is 2.69. The third-order valence-corrected chi connectivity index (χ3v) is 1.93. The van der Waals surface area contributed by atoms with E-state index in [9.17, 15) is 0 Å². The van der Waals surface area contributed by atoms with Crippen molar-refractivity contribution >= 4 is 0 Å². The molecule has 0 aliphatic rings. The number of aromatic nitrogens is 3. The molecule has 0 radical (unpaired) electrons. The molecule has 1 aromatic heterocycles. The van der Waals surface area contributed by atoms with Gasteiger partial charge < -0.3 is 5.73 Å². The fourth-order valence-electron chi connectivity index (χ4n) is 0.698. The summed E-state index contributed by atoms with van der Waals surface area (Å²) in [7, 11) is 1.80. The Hall–Kier alpha value is -1.34. The highest BCUT2D eigenvalue weighted by atomic mass is 15.4. The van der Waals surface area contributed by atoms with E-state index in [4.69, 9.17) is 5.73 Å². The van der Waals surface area contributed by atoms with Crippen molar-refractivity contribution in [3.8, 4) is 11.8 Å². The highest BCUT2D eigenvalue weighted by molar-refractivity contribution is 5.29. The van der Waals surface area contributed by atoms with E-state index < -0.39 is 5.54 Å². The molecule has 1 rings (SSSR count). The van der Waals surface area contributed by atoms with Crippen LogP contribution in [0.4, 0.5) is 0 Å². The van der Waals surface area contributed by atoms with Gasteiger partial charge in [-0.1, -0.05) is 18.1 Å². The van der Waals surface area contributed by atoms with Crippen molar-refractivity contribution in [1.82, 2.24) is 15.0 Å². The summed E-state index contributed by atoms with van der Waals surface area (Å²) in [5.41, 5.74) is 6.22. The van der Waals surface area contributed by atoms with Gasteiger partial charge in [-0.05, 0) is 19.3 Å². The van der Waals surface area contributed by atoms with Crippen LogP contribution in [-0.4, -0.2) is 20.5 Å². The molecule has 0 spiro atoms. The first-order chi connectivity index (χ1) is 6.05. The standard InChI is InChI=1S/C9H14N4/c1-4-9(2,10)6-5-8-7-11-12-13(8)3/h7H,4,10H2,1-3H3. The van der Waals surface area contributed by atoms with Crippen molar-refractivity contribution in [1.29, 1.82) is 0 Å². The molecule has 13 heavy (non-hydrogen) atoms. The van der Waals surface area contributed by atoms with Gasteiger partial charge in [-0.3, -0.25) is 0 Å². The van der Waals surface area contributed by atoms with E-state index in [1.807, 2.05) is 13.8 Å². The van der Waals surface area contributed by atoms with Crippen LogP contribution in [0, 0.1) is 11.8 Å². The lowest BCUT2D eigenvalue weighted by Crippen LogP contribution is -2.33. The summed E-state index contributed by atoms with van der Waals surface area (Å²) in [5.74, 6) is 5.93. The van der Waals surface area contributed by atoms with E-state index >= 15 is 0 Å². The monoisotopic (exact) mass is 178 g/mol. The van der Waals surface area contributed by atoms with Gasteiger partial charge in [0, 0.05) is 7.05 Å². The molecule has 0 bridgehead atoms. The second kappa shape index (κ2) is 3.58. The SMILES string of the molecule is CCC(C)(N)C#Cc1cnnn1C. The Balaban J connectivity index is 2.84. The van der Waals surface area contributed by atoms with E-state index in [-0.39, 0.29) is 0 Å². The number of nitrogens with zero attached hydrogens (tertiary/aromatic N) is 3. The zero-order valence-corrected chi connectivity index (χ0v) is 8.20. The van der Waals surface area contributed by atoms with Gasteiger partial charge in [-0.2, -0.15) is 0 Å². The van der Waals surface area contributed by atoms with Crippen LogP contribution in [0.2, 0.25) is 0 Å². The quantitative estimate of drug-likeness (QED) is 0.629. The number of hydrogen-bond acceptors (Lipinski definition) is 3. The van der Waals surface area contributed by atoms with Gasteiger partial charge in [0.25, 0.3) is 0 Å². The third kappa shape index (κ3) is 2.56. The maximum Gasteiger partial charge on any atom is 0.131 e. The summed E-state index contributed by atoms with van der Waals surface area (Å²) in [5, 5.41) is 7.48. The lowest BCUT2D eigenvalue weighted by Gasteiger charge is -2.13. The summed E-state index contributed by atoms with van der Waals surface area (Å²) in [4.78, 5) is 0. The highest BCUT2D eigenvalue weighted by Crippen LogP contribution is 2.02. The molecular formula is C9H14N4. The predicted molar refractivity (Wildman–Crippen MR) is 50.8 cm³/mol. The molecule has 1 atom stereocenters. The largest absolute Gasteiger partial charge is 0.315 e. The van der Waals surface area contributed by atoms with Crippen molar-refractivity contribution in [2.24, 2.45) is 12.8 Å². The first-order valence-corrected chi connectivity index (χ1v) is 4.22. The van der Waals surface area contributed by atoms with Crippen LogP contribution in [0.15, 0.2) is 6.20 Å². The van der Waals surface area contributed by atoms with E-state index in [0.29, 0.717) is 0 Å². The minimum absolute atomic E-state index is 0.426. The minimum atomic E-state index is -0.426. The fraction of sp³-hybridized carbons (Fsp3) is 0.556. The number of aryl methyl sites for hydroxylation is 1. The minimum Gasteiger partial charge on any atom is -0.315 e. The molecule has 0 aromatic carbocycles. The average molecular weight is 178 g/mol. The first kappa shape index (κ1) is 9.75. The maximum absolute atomic E-state index is 5.86. The van der Waals surface area contributed by atoms with Crippen molar-refractivity contribution in [3.05, 3.63) is 11.9 Å². The zero-order valence-electron chi connectivity index (χ0n) is 8.20. The molecule has 4 heteroatoms. The van der Waals surface area contributed by atoms with Crippen LogP contribution in [0.25, 0.3) is 0 Å². The van der Waals surface area contributed by atoms with Gasteiger partial charge in [0.2, 0.25) is 0 Å². The highest BCUT2D eigenvalue weighted by Gasteiger charge is 2.10.